The summed E-state index contributed by atoms with van der Waals surface area (Å²) in [5.41, 5.74) is 0.580. The van der Waals surface area contributed by atoms with E-state index in [4.69, 9.17) is 27.6 Å². The van der Waals surface area contributed by atoms with Crippen molar-refractivity contribution in [3.63, 3.8) is 0 Å². The molecular formula is C13H20Cl2OSi2. The van der Waals surface area contributed by atoms with E-state index in [-0.39, 0.29) is 4.46 Å². The summed E-state index contributed by atoms with van der Waals surface area (Å²) in [7, 11) is -1.03. The zero-order chi connectivity index (χ0) is 13.6. The fourth-order valence-corrected chi connectivity index (χ4v) is 6.05. The van der Waals surface area contributed by atoms with Gasteiger partial charge in [0.05, 0.1) is 14.0 Å². The summed E-state index contributed by atoms with van der Waals surface area (Å²) in [6.45, 7) is 6.73. The molecule has 0 aliphatic rings. The Labute approximate surface area is 124 Å². The third kappa shape index (κ3) is 6.83. The van der Waals surface area contributed by atoms with E-state index in [1.807, 2.05) is 30.3 Å². The first-order valence-corrected chi connectivity index (χ1v) is 11.3. The zero-order valence-corrected chi connectivity index (χ0v) is 14.6. The maximum Gasteiger partial charge on any atom is 0.245 e. The van der Waals surface area contributed by atoms with Gasteiger partial charge in [0.15, 0.2) is 0 Å². The SMILES string of the molecule is CC(CC[Si](C)(C)Oc1ccccc1)[Si]C(Cl)Cl. The number of benzene rings is 1. The molecule has 0 aliphatic heterocycles. The quantitative estimate of drug-likeness (QED) is 0.511. The first kappa shape index (κ1) is 16.1. The molecule has 1 unspecified atom stereocenters. The molecular weight excluding hydrogens is 299 g/mol. The fourth-order valence-electron chi connectivity index (χ4n) is 1.72. The molecule has 1 aromatic carbocycles. The molecule has 1 aromatic rings. The van der Waals surface area contributed by atoms with E-state index >= 15 is 0 Å². The number of rotatable bonds is 7. The summed E-state index contributed by atoms with van der Waals surface area (Å²) < 4.78 is 5.91. The molecule has 2 radical (unpaired) electrons. The summed E-state index contributed by atoms with van der Waals surface area (Å²) in [5, 5.41) is 0. The lowest BCUT2D eigenvalue weighted by Crippen LogP contribution is -2.34. The van der Waals surface area contributed by atoms with Crippen molar-refractivity contribution in [1.82, 2.24) is 0 Å². The molecule has 1 nitrogen and oxygen atoms in total. The largest absolute Gasteiger partial charge is 0.544 e. The Morgan fingerprint density at radius 1 is 1.22 bits per heavy atom. The van der Waals surface area contributed by atoms with Crippen molar-refractivity contribution < 1.29 is 4.43 Å². The van der Waals surface area contributed by atoms with Crippen LogP contribution in [-0.4, -0.2) is 22.3 Å². The van der Waals surface area contributed by atoms with E-state index in [1.165, 1.54) is 0 Å². The van der Waals surface area contributed by atoms with Crippen molar-refractivity contribution in [2.45, 2.75) is 42.5 Å². The predicted octanol–water partition coefficient (Wildman–Crippen LogP) is 4.93. The van der Waals surface area contributed by atoms with Gasteiger partial charge in [-0.05, 0) is 36.8 Å². The molecule has 0 spiro atoms. The van der Waals surface area contributed by atoms with E-state index in [0.29, 0.717) is 15.1 Å². The number of hydrogen-bond donors (Lipinski definition) is 0. The van der Waals surface area contributed by atoms with E-state index in [0.717, 1.165) is 18.2 Å². The molecule has 0 N–H and O–H groups in total. The molecule has 0 aliphatic carbocycles. The molecule has 0 amide bonds. The van der Waals surface area contributed by atoms with Crippen LogP contribution in [0.2, 0.25) is 24.7 Å². The number of alkyl halides is 2. The van der Waals surface area contributed by atoms with Crippen LogP contribution in [-0.2, 0) is 0 Å². The predicted molar refractivity (Wildman–Crippen MR) is 84.6 cm³/mol. The van der Waals surface area contributed by atoms with Crippen molar-refractivity contribution in [2.75, 3.05) is 0 Å². The van der Waals surface area contributed by atoms with Gasteiger partial charge < -0.3 is 4.43 Å². The third-order valence-electron chi connectivity index (χ3n) is 2.73. The Morgan fingerprint density at radius 3 is 2.39 bits per heavy atom. The van der Waals surface area contributed by atoms with Crippen molar-refractivity contribution >= 4 is 41.0 Å². The monoisotopic (exact) mass is 318 g/mol. The highest BCUT2D eigenvalue weighted by Gasteiger charge is 2.25. The lowest BCUT2D eigenvalue weighted by molar-refractivity contribution is 0.542. The van der Waals surface area contributed by atoms with E-state index in [1.54, 1.807) is 0 Å². The Balaban J connectivity index is 2.40. The maximum absolute atomic E-state index is 6.13. The van der Waals surface area contributed by atoms with Gasteiger partial charge in [-0.25, -0.2) is 0 Å². The normalized spacial score (nSPS) is 13.7. The lowest BCUT2D eigenvalue weighted by atomic mass is 10.3. The van der Waals surface area contributed by atoms with Crippen LogP contribution < -0.4 is 4.43 Å². The highest BCUT2D eigenvalue weighted by atomic mass is 35.5. The third-order valence-corrected chi connectivity index (χ3v) is 6.87. The zero-order valence-electron chi connectivity index (χ0n) is 11.1. The summed E-state index contributed by atoms with van der Waals surface area (Å²) in [4.78, 5) is 0. The van der Waals surface area contributed by atoms with Crippen molar-refractivity contribution in [3.05, 3.63) is 30.3 Å². The van der Waals surface area contributed by atoms with Crippen LogP contribution in [0.1, 0.15) is 13.3 Å². The lowest BCUT2D eigenvalue weighted by Gasteiger charge is -2.25. The smallest absolute Gasteiger partial charge is 0.245 e. The first-order valence-electron chi connectivity index (χ1n) is 6.17. The van der Waals surface area contributed by atoms with Gasteiger partial charge in [0, 0.05) is 0 Å². The van der Waals surface area contributed by atoms with Crippen molar-refractivity contribution in [3.8, 4) is 5.75 Å². The Hall–Kier alpha value is 0.0338. The molecule has 0 bridgehead atoms. The molecule has 0 heterocycles. The molecule has 1 atom stereocenters. The average Bonchev–Trinajstić information content (AvgIpc) is 2.26. The standard InChI is InChI=1S/C13H20Cl2OSi2/c1-11(17-13(14)15)9-10-18(2,3)16-12-7-5-4-6-8-12/h4-8,11,13H,9-10H2,1-3H3. The van der Waals surface area contributed by atoms with Gasteiger partial charge in [-0.2, -0.15) is 0 Å². The van der Waals surface area contributed by atoms with Crippen LogP contribution in [0.25, 0.3) is 0 Å². The number of para-hydroxylation sites is 1. The second kappa shape index (κ2) is 7.58. The van der Waals surface area contributed by atoms with Crippen LogP contribution in [0.3, 0.4) is 0 Å². The van der Waals surface area contributed by atoms with Crippen LogP contribution >= 0.6 is 23.2 Å². The molecule has 18 heavy (non-hydrogen) atoms. The second-order valence-corrected chi connectivity index (χ2v) is 13.0. The first-order chi connectivity index (χ1) is 8.39. The van der Waals surface area contributed by atoms with Crippen molar-refractivity contribution in [2.24, 2.45) is 0 Å². The molecule has 0 saturated heterocycles. The minimum atomic E-state index is -1.64. The minimum absolute atomic E-state index is 0.222. The Bertz CT molecular complexity index is 344. The number of hydrogen-bond acceptors (Lipinski definition) is 1. The minimum Gasteiger partial charge on any atom is -0.544 e. The highest BCUT2D eigenvalue weighted by Crippen LogP contribution is 2.24. The number of halogens is 2. The molecule has 5 heteroatoms. The molecule has 0 saturated carbocycles. The van der Waals surface area contributed by atoms with Gasteiger partial charge in [-0.1, -0.05) is 31.5 Å². The molecule has 1 rings (SSSR count). The average molecular weight is 319 g/mol. The fraction of sp³-hybridized carbons (Fsp3) is 0.538. The maximum atomic E-state index is 6.13. The molecule has 0 fully saturated rings. The molecule has 100 valence electrons. The van der Waals surface area contributed by atoms with Gasteiger partial charge in [-0.3, -0.25) is 0 Å². The van der Waals surface area contributed by atoms with Gasteiger partial charge in [-0.15, -0.1) is 23.2 Å². The summed E-state index contributed by atoms with van der Waals surface area (Å²) in [6, 6.07) is 11.2. The summed E-state index contributed by atoms with van der Waals surface area (Å²) in [6.07, 6.45) is 1.14. The Morgan fingerprint density at radius 2 is 1.83 bits per heavy atom. The van der Waals surface area contributed by atoms with Crippen LogP contribution in [0, 0.1) is 0 Å². The van der Waals surface area contributed by atoms with Gasteiger partial charge in [0.1, 0.15) is 5.75 Å². The topological polar surface area (TPSA) is 9.23 Å². The van der Waals surface area contributed by atoms with Crippen LogP contribution in [0.5, 0.6) is 5.75 Å². The van der Waals surface area contributed by atoms with Crippen molar-refractivity contribution in [1.29, 1.82) is 0 Å². The van der Waals surface area contributed by atoms with Gasteiger partial charge in [0.25, 0.3) is 0 Å². The van der Waals surface area contributed by atoms with Gasteiger partial charge >= 0.3 is 0 Å². The summed E-state index contributed by atoms with van der Waals surface area (Å²) >= 11 is 11.6. The Kier molecular flexibility index (Phi) is 6.78. The van der Waals surface area contributed by atoms with Crippen LogP contribution in [0.4, 0.5) is 0 Å². The van der Waals surface area contributed by atoms with Crippen LogP contribution in [0.15, 0.2) is 30.3 Å². The van der Waals surface area contributed by atoms with E-state index < -0.39 is 8.32 Å². The van der Waals surface area contributed by atoms with Gasteiger partial charge in [0.2, 0.25) is 8.32 Å². The second-order valence-electron chi connectivity index (χ2n) is 5.08. The van der Waals surface area contributed by atoms with E-state index in [2.05, 4.69) is 20.0 Å². The van der Waals surface area contributed by atoms with E-state index in [9.17, 15) is 0 Å². The molecule has 0 aromatic heterocycles. The highest BCUT2D eigenvalue weighted by molar-refractivity contribution is 6.72. The summed E-state index contributed by atoms with van der Waals surface area (Å²) in [5.74, 6) is 0.983.